The van der Waals surface area contributed by atoms with Crippen molar-refractivity contribution in [2.24, 2.45) is 11.5 Å². The maximum atomic E-state index is 10.9. The monoisotopic (exact) mass is 233 g/mol. The molecule has 1 atom stereocenters. The van der Waals surface area contributed by atoms with Crippen LogP contribution in [0.25, 0.3) is 0 Å². The highest BCUT2D eigenvalue weighted by Gasteiger charge is 2.10. The van der Waals surface area contributed by atoms with Crippen LogP contribution in [0, 0.1) is 0 Å². The van der Waals surface area contributed by atoms with Crippen LogP contribution in [0.2, 0.25) is 0 Å². The predicted molar refractivity (Wildman–Crippen MR) is 57.9 cm³/mol. The lowest BCUT2D eigenvalue weighted by atomic mass is 10.1. The Morgan fingerprint density at radius 3 is 2.62 bits per heavy atom. The molecule has 0 fully saturated rings. The zero-order chi connectivity index (χ0) is 12.4. The number of carbonyl (C=O) groups excluding carboxylic acids is 1. The normalized spacial score (nSPS) is 11.9. The van der Waals surface area contributed by atoms with Crippen molar-refractivity contribution in [3.8, 4) is 0 Å². The van der Waals surface area contributed by atoms with E-state index in [4.69, 9.17) is 21.3 Å². The summed E-state index contributed by atoms with van der Waals surface area (Å²) < 4.78 is 4.79. The maximum absolute atomic E-state index is 10.9. The van der Waals surface area contributed by atoms with Gasteiger partial charge in [0.15, 0.2) is 0 Å². The van der Waals surface area contributed by atoms with Crippen LogP contribution in [0.1, 0.15) is 19.3 Å². The van der Waals surface area contributed by atoms with Crippen molar-refractivity contribution in [3.05, 3.63) is 0 Å². The number of carboxylic acids is 1. The fourth-order valence-electron chi connectivity index (χ4n) is 0.980. The smallest absolute Gasteiger partial charge is 0.407 e. The van der Waals surface area contributed by atoms with E-state index in [9.17, 15) is 9.59 Å². The van der Waals surface area contributed by atoms with Crippen molar-refractivity contribution in [1.82, 2.24) is 5.32 Å². The fourth-order valence-corrected chi connectivity index (χ4v) is 0.980. The molecule has 7 heteroatoms. The summed E-state index contributed by atoms with van der Waals surface area (Å²) in [7, 11) is 0. The number of amides is 1. The SMILES string of the molecule is NCCNC(=O)OCCCC[C@H](N)C(=O)O. The third-order valence-corrected chi connectivity index (χ3v) is 1.87. The van der Waals surface area contributed by atoms with Gasteiger partial charge in [-0.15, -0.1) is 0 Å². The Labute approximate surface area is 94.1 Å². The standard InChI is InChI=1S/C9H19N3O4/c10-4-5-12-9(15)16-6-2-1-3-7(11)8(13)14/h7H,1-6,10-11H2,(H,12,15)(H,13,14)/t7-/m0/s1. The molecule has 0 saturated heterocycles. The van der Waals surface area contributed by atoms with Crippen LogP contribution in [0.15, 0.2) is 0 Å². The Hall–Kier alpha value is -1.34. The van der Waals surface area contributed by atoms with Crippen molar-refractivity contribution in [2.75, 3.05) is 19.7 Å². The van der Waals surface area contributed by atoms with E-state index < -0.39 is 18.1 Å². The van der Waals surface area contributed by atoms with Gasteiger partial charge in [0.1, 0.15) is 6.04 Å². The van der Waals surface area contributed by atoms with E-state index in [-0.39, 0.29) is 6.61 Å². The topological polar surface area (TPSA) is 128 Å². The van der Waals surface area contributed by atoms with Crippen LogP contribution < -0.4 is 16.8 Å². The molecule has 0 saturated carbocycles. The third kappa shape index (κ3) is 8.01. The molecule has 0 bridgehead atoms. The minimum atomic E-state index is -1.01. The van der Waals surface area contributed by atoms with Crippen molar-refractivity contribution in [2.45, 2.75) is 25.3 Å². The molecule has 94 valence electrons. The number of ether oxygens (including phenoxy) is 1. The summed E-state index contributed by atoms with van der Waals surface area (Å²) in [5.41, 5.74) is 10.5. The molecule has 6 N–H and O–H groups in total. The van der Waals surface area contributed by atoms with Crippen molar-refractivity contribution >= 4 is 12.1 Å². The molecule has 0 rings (SSSR count). The highest BCUT2D eigenvalue weighted by atomic mass is 16.5. The Balaban J connectivity index is 3.33. The summed E-state index contributed by atoms with van der Waals surface area (Å²) >= 11 is 0. The van der Waals surface area contributed by atoms with E-state index >= 15 is 0 Å². The Morgan fingerprint density at radius 1 is 1.38 bits per heavy atom. The van der Waals surface area contributed by atoms with Crippen LogP contribution in [-0.4, -0.2) is 42.9 Å². The van der Waals surface area contributed by atoms with Crippen LogP contribution in [0.5, 0.6) is 0 Å². The lowest BCUT2D eigenvalue weighted by Gasteiger charge is -2.07. The first-order chi connectivity index (χ1) is 7.57. The van der Waals surface area contributed by atoms with Crippen molar-refractivity contribution in [1.29, 1.82) is 0 Å². The minimum absolute atomic E-state index is 0.253. The largest absolute Gasteiger partial charge is 0.480 e. The number of hydrogen-bond donors (Lipinski definition) is 4. The van der Waals surface area contributed by atoms with Gasteiger partial charge in [0.25, 0.3) is 0 Å². The molecular formula is C9H19N3O4. The molecule has 16 heavy (non-hydrogen) atoms. The molecule has 0 aromatic heterocycles. The van der Waals surface area contributed by atoms with E-state index in [1.54, 1.807) is 0 Å². The van der Waals surface area contributed by atoms with Crippen LogP contribution in [-0.2, 0) is 9.53 Å². The van der Waals surface area contributed by atoms with E-state index in [0.717, 1.165) is 0 Å². The molecule has 7 nitrogen and oxygen atoms in total. The van der Waals surface area contributed by atoms with Gasteiger partial charge in [-0.05, 0) is 19.3 Å². The molecule has 0 aliphatic carbocycles. The molecule has 0 unspecified atom stereocenters. The highest BCUT2D eigenvalue weighted by molar-refractivity contribution is 5.72. The molecular weight excluding hydrogens is 214 g/mol. The Morgan fingerprint density at radius 2 is 2.06 bits per heavy atom. The van der Waals surface area contributed by atoms with Gasteiger partial charge in [-0.2, -0.15) is 0 Å². The molecule has 0 aromatic carbocycles. The van der Waals surface area contributed by atoms with Gasteiger partial charge < -0.3 is 26.6 Å². The summed E-state index contributed by atoms with van der Waals surface area (Å²) in [6, 6.07) is -0.842. The van der Waals surface area contributed by atoms with Crippen LogP contribution in [0.4, 0.5) is 4.79 Å². The van der Waals surface area contributed by atoms with Gasteiger partial charge in [0.2, 0.25) is 0 Å². The molecule has 0 aliphatic rings. The van der Waals surface area contributed by atoms with Gasteiger partial charge >= 0.3 is 12.1 Å². The van der Waals surface area contributed by atoms with Gasteiger partial charge in [-0.25, -0.2) is 4.79 Å². The van der Waals surface area contributed by atoms with Crippen molar-refractivity contribution in [3.63, 3.8) is 0 Å². The average molecular weight is 233 g/mol. The fraction of sp³-hybridized carbons (Fsp3) is 0.778. The maximum Gasteiger partial charge on any atom is 0.407 e. The second-order valence-electron chi connectivity index (χ2n) is 3.29. The first-order valence-electron chi connectivity index (χ1n) is 5.17. The van der Waals surface area contributed by atoms with E-state index in [0.29, 0.717) is 32.4 Å². The van der Waals surface area contributed by atoms with Gasteiger partial charge in [-0.3, -0.25) is 4.79 Å². The Kier molecular flexibility index (Phi) is 8.18. The number of unbranched alkanes of at least 4 members (excludes halogenated alkanes) is 1. The summed E-state index contributed by atoms with van der Waals surface area (Å²) in [4.78, 5) is 21.3. The lowest BCUT2D eigenvalue weighted by Crippen LogP contribution is -2.30. The van der Waals surface area contributed by atoms with Crippen molar-refractivity contribution < 1.29 is 19.4 Å². The number of hydrogen-bond acceptors (Lipinski definition) is 5. The molecule has 0 aromatic rings. The molecule has 0 spiro atoms. The van der Waals surface area contributed by atoms with Crippen LogP contribution >= 0.6 is 0 Å². The van der Waals surface area contributed by atoms with E-state index in [1.807, 2.05) is 0 Å². The molecule has 0 heterocycles. The third-order valence-electron chi connectivity index (χ3n) is 1.87. The first-order valence-corrected chi connectivity index (χ1v) is 5.17. The highest BCUT2D eigenvalue weighted by Crippen LogP contribution is 1.99. The summed E-state index contributed by atoms with van der Waals surface area (Å²) in [5.74, 6) is -1.01. The number of nitrogens with one attached hydrogen (secondary N) is 1. The quantitative estimate of drug-likeness (QED) is 0.408. The number of alkyl carbamates (subject to hydrolysis) is 1. The van der Waals surface area contributed by atoms with Crippen LogP contribution in [0.3, 0.4) is 0 Å². The second-order valence-corrected chi connectivity index (χ2v) is 3.29. The lowest BCUT2D eigenvalue weighted by molar-refractivity contribution is -0.138. The average Bonchev–Trinajstić information content (AvgIpc) is 2.25. The first kappa shape index (κ1) is 14.7. The summed E-state index contributed by atoms with van der Waals surface area (Å²) in [5, 5.41) is 10.9. The van der Waals surface area contributed by atoms with E-state index in [1.165, 1.54) is 0 Å². The number of rotatable bonds is 8. The summed E-state index contributed by atoms with van der Waals surface area (Å²) in [6.45, 7) is 0.994. The zero-order valence-corrected chi connectivity index (χ0v) is 9.15. The Bertz CT molecular complexity index is 223. The zero-order valence-electron chi connectivity index (χ0n) is 9.15. The summed E-state index contributed by atoms with van der Waals surface area (Å²) in [6.07, 6.45) is 1.07. The predicted octanol–water partition coefficient (Wildman–Crippen LogP) is -0.746. The number of aliphatic carboxylic acids is 1. The van der Waals surface area contributed by atoms with E-state index in [2.05, 4.69) is 5.32 Å². The molecule has 1 amide bonds. The number of nitrogens with two attached hydrogens (primary N) is 2. The molecule has 0 aliphatic heterocycles. The number of carboxylic acid groups (broad SMARTS) is 1. The second kappa shape index (κ2) is 8.93. The van der Waals surface area contributed by atoms with Gasteiger partial charge in [-0.1, -0.05) is 0 Å². The minimum Gasteiger partial charge on any atom is -0.480 e. The number of carbonyl (C=O) groups is 2. The van der Waals surface area contributed by atoms with Gasteiger partial charge in [0.05, 0.1) is 6.61 Å². The molecule has 0 radical (unpaired) electrons. The van der Waals surface area contributed by atoms with Gasteiger partial charge in [0, 0.05) is 13.1 Å².